The number of para-hydroxylation sites is 2. The van der Waals surface area contributed by atoms with Gasteiger partial charge in [-0.15, -0.1) is 0 Å². The van der Waals surface area contributed by atoms with Crippen molar-refractivity contribution in [2.24, 2.45) is 0 Å². The Bertz CT molecular complexity index is 1430. The van der Waals surface area contributed by atoms with Gasteiger partial charge in [-0.05, 0) is 55.0 Å². The lowest BCUT2D eigenvalue weighted by Gasteiger charge is -2.16. The first-order valence-corrected chi connectivity index (χ1v) is 12.0. The summed E-state index contributed by atoms with van der Waals surface area (Å²) in [5.41, 5.74) is 2.09. The molecule has 0 unspecified atom stereocenters. The van der Waals surface area contributed by atoms with Crippen molar-refractivity contribution in [1.82, 2.24) is 0 Å². The molecule has 4 rings (SSSR count). The van der Waals surface area contributed by atoms with Gasteiger partial charge in [0.2, 0.25) is 5.91 Å². The molecule has 1 aliphatic rings. The minimum absolute atomic E-state index is 0.0989. The molecule has 38 heavy (non-hydrogen) atoms. The Morgan fingerprint density at radius 1 is 0.947 bits per heavy atom. The van der Waals surface area contributed by atoms with Crippen LogP contribution in [0.15, 0.2) is 83.5 Å². The first-order chi connectivity index (χ1) is 18.3. The molecule has 0 spiro atoms. The Kier molecular flexibility index (Phi) is 8.08. The number of nitrogens with one attached hydrogen (secondary N) is 2. The van der Waals surface area contributed by atoms with Gasteiger partial charge in [-0.1, -0.05) is 41.9 Å². The first-order valence-electron chi connectivity index (χ1n) is 11.7. The average molecular weight is 534 g/mol. The molecule has 10 heteroatoms. The number of carbonyl (C=O) groups is 4. The third-order valence-corrected chi connectivity index (χ3v) is 5.95. The summed E-state index contributed by atoms with van der Waals surface area (Å²) in [4.78, 5) is 51.1. The monoisotopic (exact) mass is 533 g/mol. The summed E-state index contributed by atoms with van der Waals surface area (Å²) in [5, 5.41) is 5.45. The van der Waals surface area contributed by atoms with Gasteiger partial charge in [0.25, 0.3) is 11.8 Å². The van der Waals surface area contributed by atoms with E-state index in [1.807, 2.05) is 19.1 Å². The number of amides is 3. The van der Waals surface area contributed by atoms with E-state index in [2.05, 4.69) is 10.6 Å². The molecule has 0 fully saturated rings. The number of halogens is 1. The lowest BCUT2D eigenvalue weighted by atomic mass is 10.1. The largest absolute Gasteiger partial charge is 0.492 e. The third-order valence-electron chi connectivity index (χ3n) is 5.60. The van der Waals surface area contributed by atoms with Crippen LogP contribution in [0, 0.1) is 0 Å². The van der Waals surface area contributed by atoms with Crippen LogP contribution in [0.4, 0.5) is 17.1 Å². The number of hydrogen-bond acceptors (Lipinski definition) is 7. The fraction of sp³-hybridized carbons (Fsp3) is 0.143. The maximum Gasteiger partial charge on any atom is 0.337 e. The van der Waals surface area contributed by atoms with Gasteiger partial charge < -0.3 is 20.1 Å². The molecule has 3 amide bonds. The van der Waals surface area contributed by atoms with Crippen molar-refractivity contribution in [3.63, 3.8) is 0 Å². The van der Waals surface area contributed by atoms with Gasteiger partial charge in [0, 0.05) is 5.69 Å². The molecule has 0 saturated heterocycles. The zero-order chi connectivity index (χ0) is 27.2. The van der Waals surface area contributed by atoms with Crippen molar-refractivity contribution < 1.29 is 28.7 Å². The Hall–Kier alpha value is -4.63. The minimum Gasteiger partial charge on any atom is -0.492 e. The number of anilines is 3. The molecule has 0 radical (unpaired) electrons. The number of methoxy groups -OCH3 is 1. The Morgan fingerprint density at radius 3 is 2.39 bits per heavy atom. The van der Waals surface area contributed by atoms with Crippen LogP contribution < -0.4 is 20.3 Å². The van der Waals surface area contributed by atoms with E-state index >= 15 is 0 Å². The van der Waals surface area contributed by atoms with Gasteiger partial charge in [-0.3, -0.25) is 14.4 Å². The standard InChI is InChI=1S/C28H24ClN3O6/c1-3-38-22-10-5-4-9-21(22)31-23(33)15-17-11-13-19(14-12-17)30-25-24(29)26(34)32(27(25)35)20-8-6-7-18(16-20)28(36)37-2/h4-14,16,30H,3,15H2,1-2H3,(H,31,33). The van der Waals surface area contributed by atoms with E-state index in [-0.39, 0.29) is 34.3 Å². The maximum atomic E-state index is 13.1. The minimum atomic E-state index is -0.721. The smallest absolute Gasteiger partial charge is 0.337 e. The molecule has 3 aromatic carbocycles. The molecule has 1 heterocycles. The summed E-state index contributed by atoms with van der Waals surface area (Å²) in [6.45, 7) is 2.35. The van der Waals surface area contributed by atoms with Crippen LogP contribution in [0.5, 0.6) is 5.75 Å². The molecule has 0 aromatic heterocycles. The lowest BCUT2D eigenvalue weighted by Crippen LogP contribution is -2.32. The molecule has 0 aliphatic carbocycles. The van der Waals surface area contributed by atoms with Crippen LogP contribution in [0.1, 0.15) is 22.8 Å². The zero-order valence-corrected chi connectivity index (χ0v) is 21.4. The molecule has 3 aromatic rings. The van der Waals surface area contributed by atoms with Crippen LogP contribution in [0.25, 0.3) is 0 Å². The van der Waals surface area contributed by atoms with Crippen molar-refractivity contribution in [2.75, 3.05) is 29.3 Å². The highest BCUT2D eigenvalue weighted by Gasteiger charge is 2.39. The molecule has 2 N–H and O–H groups in total. The average Bonchev–Trinajstić information content (AvgIpc) is 3.13. The molecule has 194 valence electrons. The second kappa shape index (κ2) is 11.6. The number of esters is 1. The van der Waals surface area contributed by atoms with Gasteiger partial charge in [0.1, 0.15) is 16.5 Å². The van der Waals surface area contributed by atoms with Crippen molar-refractivity contribution in [1.29, 1.82) is 0 Å². The number of hydrogen-bond donors (Lipinski definition) is 2. The number of imide groups is 1. The van der Waals surface area contributed by atoms with Crippen LogP contribution in [0.3, 0.4) is 0 Å². The normalized spacial score (nSPS) is 13.0. The van der Waals surface area contributed by atoms with E-state index in [1.54, 1.807) is 36.4 Å². The van der Waals surface area contributed by atoms with Gasteiger partial charge >= 0.3 is 5.97 Å². The van der Waals surface area contributed by atoms with Crippen LogP contribution in [-0.4, -0.2) is 37.4 Å². The van der Waals surface area contributed by atoms with Gasteiger partial charge in [0.05, 0.1) is 37.1 Å². The molecule has 0 bridgehead atoms. The second-order valence-corrected chi connectivity index (χ2v) is 8.53. The van der Waals surface area contributed by atoms with Gasteiger partial charge in [0.15, 0.2) is 0 Å². The molecular formula is C28H24ClN3O6. The maximum absolute atomic E-state index is 13.1. The predicted octanol–water partition coefficient (Wildman–Crippen LogP) is 4.49. The lowest BCUT2D eigenvalue weighted by molar-refractivity contribution is -0.120. The molecule has 1 aliphatic heterocycles. The number of rotatable bonds is 9. The number of benzene rings is 3. The summed E-state index contributed by atoms with van der Waals surface area (Å²) in [6, 6.07) is 19.9. The first kappa shape index (κ1) is 26.4. The highest BCUT2D eigenvalue weighted by Crippen LogP contribution is 2.31. The van der Waals surface area contributed by atoms with Crippen LogP contribution >= 0.6 is 11.6 Å². The quantitative estimate of drug-likeness (QED) is 0.308. The van der Waals surface area contributed by atoms with Crippen molar-refractivity contribution >= 4 is 52.4 Å². The van der Waals surface area contributed by atoms with Crippen LogP contribution in [-0.2, 0) is 25.5 Å². The van der Waals surface area contributed by atoms with E-state index in [0.29, 0.717) is 23.7 Å². The fourth-order valence-corrected chi connectivity index (χ4v) is 4.03. The summed E-state index contributed by atoms with van der Waals surface area (Å²) in [6.07, 6.45) is 0.117. The van der Waals surface area contributed by atoms with E-state index in [1.165, 1.54) is 31.4 Å². The van der Waals surface area contributed by atoms with Crippen molar-refractivity contribution in [3.8, 4) is 5.75 Å². The zero-order valence-electron chi connectivity index (χ0n) is 20.6. The van der Waals surface area contributed by atoms with Crippen LogP contribution in [0.2, 0.25) is 0 Å². The number of nitrogens with zero attached hydrogens (tertiary/aromatic N) is 1. The second-order valence-electron chi connectivity index (χ2n) is 8.15. The van der Waals surface area contributed by atoms with Gasteiger partial charge in [-0.25, -0.2) is 9.69 Å². The Labute approximate surface area is 224 Å². The van der Waals surface area contributed by atoms with Gasteiger partial charge in [-0.2, -0.15) is 0 Å². The van der Waals surface area contributed by atoms with Crippen molar-refractivity contribution in [3.05, 3.63) is 94.7 Å². The van der Waals surface area contributed by atoms with E-state index in [0.717, 1.165) is 10.5 Å². The third kappa shape index (κ3) is 5.68. The van der Waals surface area contributed by atoms with E-state index in [4.69, 9.17) is 21.1 Å². The van der Waals surface area contributed by atoms with E-state index in [9.17, 15) is 19.2 Å². The molecular weight excluding hydrogens is 510 g/mol. The highest BCUT2D eigenvalue weighted by atomic mass is 35.5. The number of ether oxygens (including phenoxy) is 2. The van der Waals surface area contributed by atoms with Crippen molar-refractivity contribution in [2.45, 2.75) is 13.3 Å². The highest BCUT2D eigenvalue weighted by molar-refractivity contribution is 6.53. The summed E-state index contributed by atoms with van der Waals surface area (Å²) >= 11 is 6.21. The molecule has 0 atom stereocenters. The number of carbonyl (C=O) groups excluding carboxylic acids is 4. The molecule has 9 nitrogen and oxygen atoms in total. The predicted molar refractivity (Wildman–Crippen MR) is 143 cm³/mol. The topological polar surface area (TPSA) is 114 Å². The SMILES string of the molecule is CCOc1ccccc1NC(=O)Cc1ccc(NC2=C(Cl)C(=O)N(c3cccc(C(=O)OC)c3)C2=O)cc1. The van der Waals surface area contributed by atoms with E-state index < -0.39 is 17.8 Å². The Balaban J connectivity index is 1.43. The molecule has 0 saturated carbocycles. The fourth-order valence-electron chi connectivity index (χ4n) is 3.82. The Morgan fingerprint density at radius 2 is 1.68 bits per heavy atom. The summed E-state index contributed by atoms with van der Waals surface area (Å²) in [5.74, 6) is -1.62. The summed E-state index contributed by atoms with van der Waals surface area (Å²) < 4.78 is 10.2. The summed E-state index contributed by atoms with van der Waals surface area (Å²) in [7, 11) is 1.24.